The van der Waals surface area contributed by atoms with Gasteiger partial charge in [0.15, 0.2) is 0 Å². The van der Waals surface area contributed by atoms with Crippen LogP contribution in [-0.4, -0.2) is 29.5 Å². The summed E-state index contributed by atoms with van der Waals surface area (Å²) in [5, 5.41) is 2.20. The number of rotatable bonds is 3. The molecule has 0 unspecified atom stereocenters. The monoisotopic (exact) mass is 339 g/mol. The van der Waals surface area contributed by atoms with E-state index in [9.17, 15) is 14.4 Å². The standard InChI is InChI=1S/C18H17N3O4/c1-11-4-5-13(20(11)2)10-15-16(22)19-18(24)21(17(15)23)12-6-8-14(25-3)9-7-12/h4-10H,1-3H3,(H,19,22,24)/b15-10+. The van der Waals surface area contributed by atoms with Crippen LogP contribution in [0.15, 0.2) is 42.0 Å². The minimum Gasteiger partial charge on any atom is -0.497 e. The first-order chi connectivity index (χ1) is 11.9. The van der Waals surface area contributed by atoms with Crippen LogP contribution in [0, 0.1) is 6.92 Å². The van der Waals surface area contributed by atoms with Crippen molar-refractivity contribution in [3.8, 4) is 5.75 Å². The molecule has 0 atom stereocenters. The van der Waals surface area contributed by atoms with Crippen LogP contribution in [0.2, 0.25) is 0 Å². The molecule has 1 fully saturated rings. The highest BCUT2D eigenvalue weighted by atomic mass is 16.5. The number of carbonyl (C=O) groups is 3. The first-order valence-corrected chi connectivity index (χ1v) is 7.60. The van der Waals surface area contributed by atoms with Gasteiger partial charge in [0.1, 0.15) is 11.3 Å². The van der Waals surface area contributed by atoms with Gasteiger partial charge in [0.25, 0.3) is 11.8 Å². The van der Waals surface area contributed by atoms with Gasteiger partial charge >= 0.3 is 6.03 Å². The molecule has 1 aromatic heterocycles. The largest absolute Gasteiger partial charge is 0.497 e. The van der Waals surface area contributed by atoms with Crippen molar-refractivity contribution in [1.82, 2.24) is 9.88 Å². The average Bonchev–Trinajstić information content (AvgIpc) is 2.91. The predicted octanol–water partition coefficient (Wildman–Crippen LogP) is 2.01. The first-order valence-electron chi connectivity index (χ1n) is 7.60. The molecule has 0 saturated carbocycles. The quantitative estimate of drug-likeness (QED) is 0.685. The molecule has 0 aliphatic carbocycles. The van der Waals surface area contributed by atoms with Crippen LogP contribution in [0.5, 0.6) is 5.75 Å². The molecule has 1 N–H and O–H groups in total. The van der Waals surface area contributed by atoms with E-state index in [-0.39, 0.29) is 5.57 Å². The summed E-state index contributed by atoms with van der Waals surface area (Å²) in [5.41, 5.74) is 1.93. The summed E-state index contributed by atoms with van der Waals surface area (Å²) in [7, 11) is 3.36. The van der Waals surface area contributed by atoms with Gasteiger partial charge in [-0.2, -0.15) is 0 Å². The Morgan fingerprint density at radius 3 is 2.28 bits per heavy atom. The fraction of sp³-hybridized carbons (Fsp3) is 0.167. The third-order valence-corrected chi connectivity index (χ3v) is 4.14. The Kier molecular flexibility index (Phi) is 4.14. The molecule has 1 saturated heterocycles. The normalized spacial score (nSPS) is 16.4. The summed E-state index contributed by atoms with van der Waals surface area (Å²) in [6.07, 6.45) is 1.48. The van der Waals surface area contributed by atoms with E-state index < -0.39 is 17.8 Å². The second kappa shape index (κ2) is 6.27. The van der Waals surface area contributed by atoms with Crippen molar-refractivity contribution < 1.29 is 19.1 Å². The Morgan fingerprint density at radius 1 is 1.04 bits per heavy atom. The molecule has 0 bridgehead atoms. The van der Waals surface area contributed by atoms with E-state index in [2.05, 4.69) is 5.32 Å². The van der Waals surface area contributed by atoms with E-state index in [0.29, 0.717) is 17.1 Å². The van der Waals surface area contributed by atoms with Gasteiger partial charge in [-0.1, -0.05) is 0 Å². The maximum atomic E-state index is 12.8. The molecule has 1 aliphatic heterocycles. The Hall–Kier alpha value is -3.35. The van der Waals surface area contributed by atoms with Crippen molar-refractivity contribution in [3.05, 3.63) is 53.4 Å². The van der Waals surface area contributed by atoms with Crippen molar-refractivity contribution in [1.29, 1.82) is 0 Å². The summed E-state index contributed by atoms with van der Waals surface area (Å²) in [6.45, 7) is 1.91. The first kappa shape index (κ1) is 16.5. The lowest BCUT2D eigenvalue weighted by molar-refractivity contribution is -0.122. The maximum Gasteiger partial charge on any atom is 0.335 e. The van der Waals surface area contributed by atoms with Crippen LogP contribution in [0.1, 0.15) is 11.4 Å². The third-order valence-electron chi connectivity index (χ3n) is 4.14. The van der Waals surface area contributed by atoms with E-state index in [1.165, 1.54) is 13.2 Å². The van der Waals surface area contributed by atoms with E-state index in [1.807, 2.05) is 24.6 Å². The molecule has 0 radical (unpaired) electrons. The fourth-order valence-electron chi connectivity index (χ4n) is 2.55. The summed E-state index contributed by atoms with van der Waals surface area (Å²) in [4.78, 5) is 38.0. The molecular weight excluding hydrogens is 322 g/mol. The zero-order valence-electron chi connectivity index (χ0n) is 14.1. The van der Waals surface area contributed by atoms with Crippen molar-refractivity contribution in [2.45, 2.75) is 6.92 Å². The van der Waals surface area contributed by atoms with Crippen LogP contribution >= 0.6 is 0 Å². The van der Waals surface area contributed by atoms with Gasteiger partial charge in [-0.15, -0.1) is 0 Å². The number of hydrogen-bond acceptors (Lipinski definition) is 4. The second-order valence-electron chi connectivity index (χ2n) is 5.61. The van der Waals surface area contributed by atoms with Gasteiger partial charge in [-0.05, 0) is 49.4 Å². The lowest BCUT2D eigenvalue weighted by Crippen LogP contribution is -2.54. The number of barbiturate groups is 1. The topological polar surface area (TPSA) is 80.6 Å². The smallest absolute Gasteiger partial charge is 0.335 e. The highest BCUT2D eigenvalue weighted by Gasteiger charge is 2.36. The molecular formula is C18H17N3O4. The molecule has 1 aliphatic rings. The van der Waals surface area contributed by atoms with Crippen LogP contribution in [0.3, 0.4) is 0 Å². The molecule has 0 spiro atoms. The predicted molar refractivity (Wildman–Crippen MR) is 92.1 cm³/mol. The number of nitrogens with one attached hydrogen (secondary N) is 1. The number of amides is 4. The van der Waals surface area contributed by atoms with Crippen molar-refractivity contribution in [2.24, 2.45) is 7.05 Å². The summed E-state index contributed by atoms with van der Waals surface area (Å²) in [6, 6.07) is 9.33. The molecule has 7 heteroatoms. The summed E-state index contributed by atoms with van der Waals surface area (Å²) >= 11 is 0. The summed E-state index contributed by atoms with van der Waals surface area (Å²) < 4.78 is 6.92. The number of aromatic nitrogens is 1. The van der Waals surface area contributed by atoms with Crippen LogP contribution in [-0.2, 0) is 16.6 Å². The van der Waals surface area contributed by atoms with Crippen LogP contribution < -0.4 is 15.0 Å². The SMILES string of the molecule is COc1ccc(N2C(=O)NC(=O)/C(=C\c3ccc(C)n3C)C2=O)cc1. The molecule has 3 rings (SSSR count). The van der Waals surface area contributed by atoms with Crippen LogP contribution in [0.4, 0.5) is 10.5 Å². The van der Waals surface area contributed by atoms with E-state index in [1.54, 1.807) is 30.3 Å². The Morgan fingerprint density at radius 2 is 1.72 bits per heavy atom. The molecule has 2 heterocycles. The van der Waals surface area contributed by atoms with E-state index in [4.69, 9.17) is 4.74 Å². The number of anilines is 1. The van der Waals surface area contributed by atoms with Crippen LogP contribution in [0.25, 0.3) is 6.08 Å². The molecule has 2 aromatic rings. The number of urea groups is 1. The van der Waals surface area contributed by atoms with Crippen molar-refractivity contribution in [3.63, 3.8) is 0 Å². The van der Waals surface area contributed by atoms with Gasteiger partial charge in [-0.25, -0.2) is 9.69 Å². The number of carbonyl (C=O) groups excluding carboxylic acids is 3. The lowest BCUT2D eigenvalue weighted by atomic mass is 10.1. The van der Waals surface area contributed by atoms with E-state index >= 15 is 0 Å². The third kappa shape index (κ3) is 2.91. The molecule has 4 amide bonds. The number of methoxy groups -OCH3 is 1. The zero-order valence-corrected chi connectivity index (χ0v) is 14.1. The lowest BCUT2D eigenvalue weighted by Gasteiger charge is -2.26. The van der Waals surface area contributed by atoms with E-state index in [0.717, 1.165) is 10.6 Å². The van der Waals surface area contributed by atoms with Crippen molar-refractivity contribution in [2.75, 3.05) is 12.0 Å². The summed E-state index contributed by atoms with van der Waals surface area (Å²) in [5.74, 6) is -0.781. The Labute approximate surface area is 144 Å². The molecule has 25 heavy (non-hydrogen) atoms. The van der Waals surface area contributed by atoms with Gasteiger partial charge in [0, 0.05) is 18.4 Å². The number of aryl methyl sites for hydroxylation is 1. The number of imide groups is 2. The van der Waals surface area contributed by atoms with Crippen molar-refractivity contribution >= 4 is 29.6 Å². The Balaban J connectivity index is 2.00. The minimum absolute atomic E-state index is 0.100. The maximum absolute atomic E-state index is 12.8. The average molecular weight is 339 g/mol. The zero-order chi connectivity index (χ0) is 18.1. The second-order valence-corrected chi connectivity index (χ2v) is 5.61. The number of nitrogens with zero attached hydrogens (tertiary/aromatic N) is 2. The molecule has 128 valence electrons. The van der Waals surface area contributed by atoms with Gasteiger partial charge < -0.3 is 9.30 Å². The molecule has 1 aromatic carbocycles. The minimum atomic E-state index is -0.777. The van der Waals surface area contributed by atoms with Gasteiger partial charge in [-0.3, -0.25) is 14.9 Å². The number of ether oxygens (including phenoxy) is 1. The Bertz CT molecular complexity index is 894. The highest BCUT2D eigenvalue weighted by Crippen LogP contribution is 2.24. The fourth-order valence-corrected chi connectivity index (χ4v) is 2.55. The number of benzene rings is 1. The number of hydrogen-bond donors (Lipinski definition) is 1. The van der Waals surface area contributed by atoms with Gasteiger partial charge in [0.05, 0.1) is 12.8 Å². The highest BCUT2D eigenvalue weighted by molar-refractivity contribution is 6.39. The van der Waals surface area contributed by atoms with Gasteiger partial charge in [0.2, 0.25) is 0 Å². The molecule has 7 nitrogen and oxygen atoms in total.